The Morgan fingerprint density at radius 2 is 1.84 bits per heavy atom. The zero-order valence-corrected chi connectivity index (χ0v) is 11.8. The largest absolute Gasteiger partial charge is 0.370 e. The third kappa shape index (κ3) is 5.54. The smallest absolute Gasteiger partial charge is 0.248 e. The second-order valence-electron chi connectivity index (χ2n) is 4.79. The monoisotopic (exact) mass is 272 g/mol. The summed E-state index contributed by atoms with van der Waals surface area (Å²) in [5.41, 5.74) is 5.29. The third-order valence-electron chi connectivity index (χ3n) is 3.07. The van der Waals surface area contributed by atoms with Crippen LogP contribution in [0.2, 0.25) is 0 Å². The number of ether oxygens (including phenoxy) is 1. The molecule has 2 N–H and O–H groups in total. The third-order valence-corrected chi connectivity index (χ3v) is 3.07. The second kappa shape index (κ2) is 8.08. The number of piperazine rings is 1. The molecule has 110 valence electrons. The SMILES string of the molecule is CN(C)C(=O)CN1CCN(C(=O)COCCN)CC1. The summed E-state index contributed by atoms with van der Waals surface area (Å²) in [6.45, 7) is 4.07. The minimum Gasteiger partial charge on any atom is -0.370 e. The van der Waals surface area contributed by atoms with E-state index in [4.69, 9.17) is 10.5 Å². The highest BCUT2D eigenvalue weighted by Gasteiger charge is 2.22. The molecule has 7 heteroatoms. The molecule has 1 aliphatic rings. The lowest BCUT2D eigenvalue weighted by Crippen LogP contribution is -2.51. The van der Waals surface area contributed by atoms with Crippen LogP contribution in [-0.4, -0.2) is 93.1 Å². The van der Waals surface area contributed by atoms with Crippen LogP contribution in [0.1, 0.15) is 0 Å². The lowest BCUT2D eigenvalue weighted by Gasteiger charge is -2.34. The normalized spacial score (nSPS) is 16.5. The summed E-state index contributed by atoms with van der Waals surface area (Å²) >= 11 is 0. The van der Waals surface area contributed by atoms with Crippen molar-refractivity contribution in [2.45, 2.75) is 0 Å². The highest BCUT2D eigenvalue weighted by atomic mass is 16.5. The first-order valence-electron chi connectivity index (χ1n) is 6.52. The van der Waals surface area contributed by atoms with Gasteiger partial charge in [0.25, 0.3) is 0 Å². The maximum Gasteiger partial charge on any atom is 0.248 e. The van der Waals surface area contributed by atoms with E-state index in [2.05, 4.69) is 4.90 Å². The van der Waals surface area contributed by atoms with Gasteiger partial charge in [0.2, 0.25) is 11.8 Å². The van der Waals surface area contributed by atoms with Gasteiger partial charge < -0.3 is 20.3 Å². The molecule has 0 aromatic heterocycles. The molecule has 1 fully saturated rings. The molecule has 1 heterocycles. The van der Waals surface area contributed by atoms with Gasteiger partial charge in [-0.05, 0) is 0 Å². The summed E-state index contributed by atoms with van der Waals surface area (Å²) in [4.78, 5) is 28.8. The average molecular weight is 272 g/mol. The van der Waals surface area contributed by atoms with Crippen molar-refractivity contribution in [1.82, 2.24) is 14.7 Å². The first-order chi connectivity index (χ1) is 9.04. The number of amides is 2. The summed E-state index contributed by atoms with van der Waals surface area (Å²) in [5.74, 6) is 0.0816. The molecule has 0 aromatic carbocycles. The van der Waals surface area contributed by atoms with Crippen LogP contribution < -0.4 is 5.73 Å². The molecule has 7 nitrogen and oxygen atoms in total. The van der Waals surface area contributed by atoms with Crippen molar-refractivity contribution in [1.29, 1.82) is 0 Å². The van der Waals surface area contributed by atoms with Crippen molar-refractivity contribution in [2.24, 2.45) is 5.73 Å². The van der Waals surface area contributed by atoms with Gasteiger partial charge in [0, 0.05) is 46.8 Å². The van der Waals surface area contributed by atoms with Crippen molar-refractivity contribution in [3.05, 3.63) is 0 Å². The number of carbonyl (C=O) groups excluding carboxylic acids is 2. The minimum absolute atomic E-state index is 0.00737. The van der Waals surface area contributed by atoms with Gasteiger partial charge in [0.15, 0.2) is 0 Å². The quantitative estimate of drug-likeness (QED) is 0.577. The van der Waals surface area contributed by atoms with Gasteiger partial charge in [0.1, 0.15) is 6.61 Å². The van der Waals surface area contributed by atoms with Crippen molar-refractivity contribution < 1.29 is 14.3 Å². The molecule has 0 spiro atoms. The van der Waals surface area contributed by atoms with Gasteiger partial charge in [-0.25, -0.2) is 0 Å². The van der Waals surface area contributed by atoms with Crippen LogP contribution >= 0.6 is 0 Å². The lowest BCUT2D eigenvalue weighted by molar-refractivity contribution is -0.138. The van der Waals surface area contributed by atoms with Gasteiger partial charge in [0.05, 0.1) is 13.2 Å². The molecule has 1 saturated heterocycles. The molecular weight excluding hydrogens is 248 g/mol. The molecule has 0 aromatic rings. The Morgan fingerprint density at radius 1 is 1.21 bits per heavy atom. The Bertz CT molecular complexity index is 301. The summed E-state index contributed by atoms with van der Waals surface area (Å²) in [7, 11) is 3.49. The van der Waals surface area contributed by atoms with E-state index in [0.717, 1.165) is 13.1 Å². The van der Waals surface area contributed by atoms with Crippen molar-refractivity contribution in [2.75, 3.05) is 66.6 Å². The molecular formula is C12H24N4O3. The van der Waals surface area contributed by atoms with Gasteiger partial charge >= 0.3 is 0 Å². The number of nitrogens with zero attached hydrogens (tertiary/aromatic N) is 3. The molecule has 19 heavy (non-hydrogen) atoms. The van der Waals surface area contributed by atoms with Crippen LogP contribution in [0.4, 0.5) is 0 Å². The summed E-state index contributed by atoms with van der Waals surface area (Å²) in [6, 6.07) is 0. The Kier molecular flexibility index (Phi) is 6.75. The van der Waals surface area contributed by atoms with Gasteiger partial charge in [-0.1, -0.05) is 0 Å². The molecule has 0 unspecified atom stereocenters. The zero-order chi connectivity index (χ0) is 14.3. The summed E-state index contributed by atoms with van der Waals surface area (Å²) < 4.78 is 5.13. The number of hydrogen-bond donors (Lipinski definition) is 1. The van der Waals surface area contributed by atoms with E-state index >= 15 is 0 Å². The fourth-order valence-corrected chi connectivity index (χ4v) is 1.82. The van der Waals surface area contributed by atoms with Gasteiger partial charge in [-0.3, -0.25) is 14.5 Å². The second-order valence-corrected chi connectivity index (χ2v) is 4.79. The van der Waals surface area contributed by atoms with Crippen LogP contribution in [0, 0.1) is 0 Å². The standard InChI is InChI=1S/C12H24N4O3/c1-14(2)11(17)9-15-4-6-16(7-5-15)12(18)10-19-8-3-13/h3-10,13H2,1-2H3. The maximum atomic E-state index is 11.8. The van der Waals surface area contributed by atoms with Crippen LogP contribution in [0.25, 0.3) is 0 Å². The maximum absolute atomic E-state index is 11.8. The summed E-state index contributed by atoms with van der Waals surface area (Å²) in [5, 5.41) is 0. The van der Waals surface area contributed by atoms with Crippen LogP contribution in [-0.2, 0) is 14.3 Å². The number of nitrogens with two attached hydrogens (primary N) is 1. The minimum atomic E-state index is -0.00737. The van der Waals surface area contributed by atoms with E-state index in [1.807, 2.05) is 0 Å². The number of likely N-dealkylation sites (N-methyl/N-ethyl adjacent to an activating group) is 1. The Labute approximate surface area is 114 Å². The van der Waals surface area contributed by atoms with Crippen molar-refractivity contribution in [3.8, 4) is 0 Å². The first kappa shape index (κ1) is 15.9. The van der Waals surface area contributed by atoms with Gasteiger partial charge in [-0.15, -0.1) is 0 Å². The van der Waals surface area contributed by atoms with Crippen LogP contribution in [0.15, 0.2) is 0 Å². The summed E-state index contributed by atoms with van der Waals surface area (Å²) in [6.07, 6.45) is 0. The number of carbonyl (C=O) groups is 2. The van der Waals surface area contributed by atoms with Crippen LogP contribution in [0.3, 0.4) is 0 Å². The molecule has 1 aliphatic heterocycles. The molecule has 0 bridgehead atoms. The van der Waals surface area contributed by atoms with E-state index in [-0.39, 0.29) is 18.4 Å². The average Bonchev–Trinajstić information content (AvgIpc) is 2.39. The van der Waals surface area contributed by atoms with Crippen LogP contribution in [0.5, 0.6) is 0 Å². The predicted octanol–water partition coefficient (Wildman–Crippen LogP) is -1.81. The first-order valence-corrected chi connectivity index (χ1v) is 6.52. The Hall–Kier alpha value is -1.18. The van der Waals surface area contributed by atoms with Crippen molar-refractivity contribution in [3.63, 3.8) is 0 Å². The number of hydrogen-bond acceptors (Lipinski definition) is 5. The fourth-order valence-electron chi connectivity index (χ4n) is 1.82. The fraction of sp³-hybridized carbons (Fsp3) is 0.833. The molecule has 0 saturated carbocycles. The zero-order valence-electron chi connectivity index (χ0n) is 11.8. The van der Waals surface area contributed by atoms with E-state index in [1.165, 1.54) is 0 Å². The molecule has 0 radical (unpaired) electrons. The van der Waals surface area contributed by atoms with E-state index in [9.17, 15) is 9.59 Å². The molecule has 1 rings (SSSR count). The Balaban J connectivity index is 2.24. The number of rotatable bonds is 6. The molecule has 2 amide bonds. The topological polar surface area (TPSA) is 79.1 Å². The lowest BCUT2D eigenvalue weighted by atomic mass is 10.3. The van der Waals surface area contributed by atoms with E-state index in [1.54, 1.807) is 23.9 Å². The molecule has 0 atom stereocenters. The predicted molar refractivity (Wildman–Crippen MR) is 71.6 cm³/mol. The Morgan fingerprint density at radius 3 is 2.37 bits per heavy atom. The highest BCUT2D eigenvalue weighted by Crippen LogP contribution is 2.02. The molecule has 0 aliphatic carbocycles. The van der Waals surface area contributed by atoms with E-state index in [0.29, 0.717) is 32.8 Å². The van der Waals surface area contributed by atoms with Crippen molar-refractivity contribution >= 4 is 11.8 Å². The van der Waals surface area contributed by atoms with E-state index < -0.39 is 0 Å². The highest BCUT2D eigenvalue weighted by molar-refractivity contribution is 5.78. The van der Waals surface area contributed by atoms with Gasteiger partial charge in [-0.2, -0.15) is 0 Å².